The number of hydrogen-bond acceptors (Lipinski definition) is 7. The van der Waals surface area contributed by atoms with Gasteiger partial charge in [-0.25, -0.2) is 14.8 Å². The van der Waals surface area contributed by atoms with E-state index in [0.717, 1.165) is 50.9 Å². The predicted molar refractivity (Wildman–Crippen MR) is 127 cm³/mol. The van der Waals surface area contributed by atoms with Crippen LogP contribution in [0.4, 0.5) is 23.8 Å². The van der Waals surface area contributed by atoms with Gasteiger partial charge in [-0.2, -0.15) is 13.2 Å². The summed E-state index contributed by atoms with van der Waals surface area (Å²) in [5.74, 6) is 0.326. The Hall–Kier alpha value is -3.15. The Balaban J connectivity index is 1.19. The van der Waals surface area contributed by atoms with Gasteiger partial charge in [0.15, 0.2) is 0 Å². The minimum Gasteiger partial charge on any atom is -0.449 e. The van der Waals surface area contributed by atoms with Crippen LogP contribution in [0.3, 0.4) is 0 Å². The molecule has 2 N–H and O–H groups in total. The van der Waals surface area contributed by atoms with Crippen molar-refractivity contribution in [2.45, 2.75) is 43.9 Å². The molecule has 0 radical (unpaired) electrons. The van der Waals surface area contributed by atoms with E-state index in [9.17, 15) is 22.8 Å². The molecule has 0 unspecified atom stereocenters. The number of amides is 2. The number of anilines is 1. The second kappa shape index (κ2) is 10.9. The first-order valence-corrected chi connectivity index (χ1v) is 12.0. The highest BCUT2D eigenvalue weighted by atomic mass is 19.4. The van der Waals surface area contributed by atoms with Gasteiger partial charge in [0.2, 0.25) is 5.91 Å². The molecule has 2 fully saturated rings. The van der Waals surface area contributed by atoms with Gasteiger partial charge in [-0.15, -0.1) is 0 Å². The smallest absolute Gasteiger partial charge is 0.416 e. The quantitative estimate of drug-likeness (QED) is 0.593. The fraction of sp³-hybridized carbons (Fsp3) is 0.583. The number of benzene rings is 1. The number of fused-ring (bicyclic) bond motifs is 1. The first-order chi connectivity index (χ1) is 17.1. The third kappa shape index (κ3) is 6.34. The van der Waals surface area contributed by atoms with E-state index >= 15 is 0 Å². The third-order valence-electron chi connectivity index (χ3n) is 6.79. The normalized spacial score (nSPS) is 21.0. The minimum absolute atomic E-state index is 0.0389. The Labute approximate surface area is 207 Å². The summed E-state index contributed by atoms with van der Waals surface area (Å²) in [6.07, 6.45) is 0.539. The van der Waals surface area contributed by atoms with Crippen LogP contribution in [0.1, 0.15) is 31.2 Å². The lowest BCUT2D eigenvalue weighted by molar-refractivity contribution is -0.137. The molecule has 0 spiro atoms. The fourth-order valence-electron chi connectivity index (χ4n) is 4.71. The van der Waals surface area contributed by atoms with Crippen molar-refractivity contribution in [1.29, 1.82) is 0 Å². The van der Waals surface area contributed by atoms with Crippen LogP contribution in [-0.4, -0.2) is 84.2 Å². The van der Waals surface area contributed by atoms with Crippen molar-refractivity contribution in [1.82, 2.24) is 25.1 Å². The number of nitrogens with one attached hydrogen (secondary N) is 2. The molecule has 4 rings (SSSR count). The number of nitrogens with zero attached hydrogens (tertiary/aromatic N) is 4. The van der Waals surface area contributed by atoms with Crippen LogP contribution in [0, 0.1) is 5.92 Å². The molecule has 1 aliphatic carbocycles. The molecular formula is C24H31F3N6O3. The van der Waals surface area contributed by atoms with E-state index in [2.05, 4.69) is 25.5 Å². The lowest BCUT2D eigenvalue weighted by Crippen LogP contribution is -2.63. The molecule has 196 valence electrons. The molecule has 9 nitrogen and oxygen atoms in total. The Morgan fingerprint density at radius 2 is 1.86 bits per heavy atom. The van der Waals surface area contributed by atoms with Crippen molar-refractivity contribution >= 4 is 28.7 Å². The van der Waals surface area contributed by atoms with E-state index in [-0.39, 0.29) is 35.8 Å². The zero-order valence-corrected chi connectivity index (χ0v) is 20.3. The van der Waals surface area contributed by atoms with E-state index in [4.69, 9.17) is 4.74 Å². The molecule has 36 heavy (non-hydrogen) atoms. The summed E-state index contributed by atoms with van der Waals surface area (Å²) >= 11 is 0. The second-order valence-corrected chi connectivity index (χ2v) is 9.67. The fourth-order valence-corrected chi connectivity index (χ4v) is 4.71. The van der Waals surface area contributed by atoms with Crippen LogP contribution in [0.2, 0.25) is 0 Å². The number of carbonyl (C=O) groups is 2. The molecule has 2 aromatic rings. The van der Waals surface area contributed by atoms with Crippen molar-refractivity contribution in [3.63, 3.8) is 0 Å². The first kappa shape index (κ1) is 25.9. The molecule has 2 heterocycles. The molecule has 0 atom stereocenters. The second-order valence-electron chi connectivity index (χ2n) is 9.67. The number of likely N-dealkylation sites (tertiary alicyclic amines) is 1. The Morgan fingerprint density at radius 1 is 1.14 bits per heavy atom. The van der Waals surface area contributed by atoms with Crippen molar-refractivity contribution in [2.75, 3.05) is 45.7 Å². The average molecular weight is 509 g/mol. The summed E-state index contributed by atoms with van der Waals surface area (Å²) in [5.41, 5.74) is -0.434. The number of carbonyl (C=O) groups excluding carboxylic acids is 2. The highest BCUT2D eigenvalue weighted by molar-refractivity contribution is 5.91. The van der Waals surface area contributed by atoms with Gasteiger partial charge in [0.25, 0.3) is 0 Å². The zero-order chi connectivity index (χ0) is 25.9. The Morgan fingerprint density at radius 3 is 2.53 bits per heavy atom. The predicted octanol–water partition coefficient (Wildman–Crippen LogP) is 3.12. The van der Waals surface area contributed by atoms with Crippen molar-refractivity contribution in [3.05, 3.63) is 30.1 Å². The largest absolute Gasteiger partial charge is 0.449 e. The zero-order valence-electron chi connectivity index (χ0n) is 20.3. The summed E-state index contributed by atoms with van der Waals surface area (Å²) in [7, 11) is 3.33. The minimum atomic E-state index is -4.48. The maximum atomic E-state index is 13.1. The molecule has 1 saturated heterocycles. The van der Waals surface area contributed by atoms with Crippen molar-refractivity contribution in [3.8, 4) is 0 Å². The van der Waals surface area contributed by atoms with Gasteiger partial charge < -0.3 is 20.3 Å². The van der Waals surface area contributed by atoms with Crippen LogP contribution < -0.4 is 10.6 Å². The van der Waals surface area contributed by atoms with E-state index in [1.165, 1.54) is 17.3 Å². The van der Waals surface area contributed by atoms with Crippen LogP contribution >= 0.6 is 0 Å². The van der Waals surface area contributed by atoms with Crippen molar-refractivity contribution in [2.24, 2.45) is 5.92 Å². The third-order valence-corrected chi connectivity index (χ3v) is 6.79. The molecule has 2 aliphatic rings. The Kier molecular flexibility index (Phi) is 7.82. The highest BCUT2D eigenvalue weighted by Gasteiger charge is 2.35. The molecule has 2 amide bonds. The number of aromatic nitrogens is 2. The average Bonchev–Trinajstić information content (AvgIpc) is 2.82. The molecule has 1 aromatic heterocycles. The van der Waals surface area contributed by atoms with Crippen LogP contribution in [0.15, 0.2) is 24.5 Å². The van der Waals surface area contributed by atoms with Gasteiger partial charge in [0.1, 0.15) is 12.1 Å². The van der Waals surface area contributed by atoms with E-state index < -0.39 is 11.7 Å². The van der Waals surface area contributed by atoms with E-state index in [0.29, 0.717) is 24.1 Å². The molecular weight excluding hydrogens is 477 g/mol. The van der Waals surface area contributed by atoms with Gasteiger partial charge in [-0.3, -0.25) is 9.69 Å². The Bertz CT molecular complexity index is 1080. The standard InChI is InChI=1S/C24H31F3N6O3/c1-32(2)23(35)36-13-15-3-6-18(7-4-15)33-11-17(12-33)31-21(34)10-28-22-19-9-16(24(25,26)27)5-8-20(19)29-14-30-22/h5,8-9,14-15,17-18H,3-4,6-7,10-13H2,1-2H3,(H,31,34)(H,28,29,30)/t15-,18+. The topological polar surface area (TPSA) is 99.7 Å². The number of ether oxygens (including phenoxy) is 1. The van der Waals surface area contributed by atoms with Gasteiger partial charge in [-0.1, -0.05) is 0 Å². The summed E-state index contributed by atoms with van der Waals surface area (Å²) < 4.78 is 44.5. The van der Waals surface area contributed by atoms with E-state index in [1.807, 2.05) is 0 Å². The number of alkyl halides is 3. The lowest BCUT2D eigenvalue weighted by atomic mass is 9.84. The monoisotopic (exact) mass is 508 g/mol. The molecule has 1 aliphatic heterocycles. The van der Waals surface area contributed by atoms with Crippen LogP contribution in [0.5, 0.6) is 0 Å². The maximum absolute atomic E-state index is 13.1. The summed E-state index contributed by atoms with van der Waals surface area (Å²) in [6.45, 7) is 1.88. The highest BCUT2D eigenvalue weighted by Crippen LogP contribution is 2.33. The maximum Gasteiger partial charge on any atom is 0.416 e. The SMILES string of the molecule is CN(C)C(=O)OC[C@H]1CC[C@@H](N2CC(NC(=O)CNc3ncnc4ccc(C(F)(F)F)cc34)C2)CC1. The number of halogens is 3. The van der Waals surface area contributed by atoms with Crippen molar-refractivity contribution < 1.29 is 27.5 Å². The molecule has 12 heteroatoms. The summed E-state index contributed by atoms with van der Waals surface area (Å²) in [4.78, 5) is 35.8. The van der Waals surface area contributed by atoms with Gasteiger partial charge >= 0.3 is 12.3 Å². The van der Waals surface area contributed by atoms with E-state index in [1.54, 1.807) is 14.1 Å². The first-order valence-electron chi connectivity index (χ1n) is 12.0. The summed E-state index contributed by atoms with van der Waals surface area (Å²) in [5, 5.41) is 6.02. The van der Waals surface area contributed by atoms with Crippen LogP contribution in [0.25, 0.3) is 10.9 Å². The van der Waals surface area contributed by atoms with Gasteiger partial charge in [0.05, 0.1) is 30.3 Å². The summed E-state index contributed by atoms with van der Waals surface area (Å²) in [6, 6.07) is 3.75. The molecule has 1 saturated carbocycles. The lowest BCUT2D eigenvalue weighted by Gasteiger charge is -2.46. The number of hydrogen-bond donors (Lipinski definition) is 2. The van der Waals surface area contributed by atoms with Crippen LogP contribution in [-0.2, 0) is 15.7 Å². The number of rotatable bonds is 7. The van der Waals surface area contributed by atoms with Gasteiger partial charge in [-0.05, 0) is 49.8 Å². The molecule has 1 aromatic carbocycles. The van der Waals surface area contributed by atoms with Gasteiger partial charge in [0, 0.05) is 38.6 Å². The molecule has 0 bridgehead atoms.